The molecule has 1 heterocycles. The average molecular weight is 336 g/mol. The molecule has 0 aliphatic heterocycles. The summed E-state index contributed by atoms with van der Waals surface area (Å²) in [5, 5.41) is 14.1. The highest BCUT2D eigenvalue weighted by Crippen LogP contribution is 2.34. The molecule has 2 N–H and O–H groups in total. The van der Waals surface area contributed by atoms with Gasteiger partial charge in [-0.3, -0.25) is 14.5 Å². The standard InChI is InChI=1S/C17H24N2O3S/c1-10-11(2)23-9-15(10)17(22)18-13-5-14(6-13)19(8-16(20)21)7-12-3-4-12/h9,12-14H,3-8H2,1-2H3,(H,18,22)(H,20,21). The molecule has 2 fully saturated rings. The maximum atomic E-state index is 12.3. The van der Waals surface area contributed by atoms with E-state index in [2.05, 4.69) is 10.2 Å². The van der Waals surface area contributed by atoms with E-state index < -0.39 is 5.97 Å². The largest absolute Gasteiger partial charge is 0.480 e. The highest BCUT2D eigenvalue weighted by atomic mass is 32.1. The average Bonchev–Trinajstić information content (AvgIpc) is 3.18. The van der Waals surface area contributed by atoms with E-state index in [1.165, 1.54) is 17.7 Å². The molecule has 0 atom stereocenters. The first-order chi connectivity index (χ1) is 10.9. The molecule has 0 saturated heterocycles. The lowest BCUT2D eigenvalue weighted by atomic mass is 9.85. The molecule has 0 radical (unpaired) electrons. The predicted molar refractivity (Wildman–Crippen MR) is 90.0 cm³/mol. The Morgan fingerprint density at radius 1 is 1.35 bits per heavy atom. The van der Waals surface area contributed by atoms with Gasteiger partial charge in [-0.15, -0.1) is 11.3 Å². The Hall–Kier alpha value is -1.40. The van der Waals surface area contributed by atoms with E-state index in [-0.39, 0.29) is 18.5 Å². The van der Waals surface area contributed by atoms with Crippen LogP contribution in [0.2, 0.25) is 0 Å². The number of carbonyl (C=O) groups is 2. The maximum absolute atomic E-state index is 12.3. The number of hydrogen-bond donors (Lipinski definition) is 2. The Labute approximate surface area is 140 Å². The van der Waals surface area contributed by atoms with Crippen LogP contribution in [0.3, 0.4) is 0 Å². The van der Waals surface area contributed by atoms with Crippen molar-refractivity contribution in [2.24, 2.45) is 5.92 Å². The van der Waals surface area contributed by atoms with Crippen molar-refractivity contribution in [3.63, 3.8) is 0 Å². The molecule has 0 bridgehead atoms. The third-order valence-corrected chi connectivity index (χ3v) is 6.04. The van der Waals surface area contributed by atoms with Gasteiger partial charge in [-0.1, -0.05) is 0 Å². The number of hydrogen-bond acceptors (Lipinski definition) is 4. The summed E-state index contributed by atoms with van der Waals surface area (Å²) >= 11 is 1.60. The summed E-state index contributed by atoms with van der Waals surface area (Å²) in [6, 6.07) is 0.463. The predicted octanol–water partition coefficient (Wildman–Crippen LogP) is 2.42. The van der Waals surface area contributed by atoms with Crippen LogP contribution in [0.5, 0.6) is 0 Å². The highest BCUT2D eigenvalue weighted by Gasteiger charge is 2.37. The van der Waals surface area contributed by atoms with Gasteiger partial charge >= 0.3 is 5.97 Å². The minimum atomic E-state index is -0.762. The molecule has 0 unspecified atom stereocenters. The Morgan fingerprint density at radius 3 is 2.57 bits per heavy atom. The van der Waals surface area contributed by atoms with Crippen LogP contribution in [0.25, 0.3) is 0 Å². The van der Waals surface area contributed by atoms with Crippen molar-refractivity contribution in [2.75, 3.05) is 13.1 Å². The van der Waals surface area contributed by atoms with Gasteiger partial charge in [0.2, 0.25) is 0 Å². The lowest BCUT2D eigenvalue weighted by Gasteiger charge is -2.42. The number of rotatable bonds is 7. The molecular weight excluding hydrogens is 312 g/mol. The first kappa shape index (κ1) is 16.5. The van der Waals surface area contributed by atoms with Crippen molar-refractivity contribution in [3.8, 4) is 0 Å². The smallest absolute Gasteiger partial charge is 0.317 e. The lowest BCUT2D eigenvalue weighted by molar-refractivity contribution is -0.139. The van der Waals surface area contributed by atoms with Crippen molar-refractivity contribution < 1.29 is 14.7 Å². The van der Waals surface area contributed by atoms with Gasteiger partial charge in [0.15, 0.2) is 0 Å². The third-order valence-electron chi connectivity index (χ3n) is 5.02. The zero-order valence-electron chi connectivity index (χ0n) is 13.7. The first-order valence-electron chi connectivity index (χ1n) is 8.25. The van der Waals surface area contributed by atoms with E-state index in [0.717, 1.165) is 30.5 Å². The van der Waals surface area contributed by atoms with Crippen molar-refractivity contribution in [1.29, 1.82) is 0 Å². The van der Waals surface area contributed by atoms with Crippen LogP contribution in [0, 0.1) is 19.8 Å². The summed E-state index contributed by atoms with van der Waals surface area (Å²) in [5.74, 6) is -0.0794. The molecule has 6 heteroatoms. The van der Waals surface area contributed by atoms with Crippen LogP contribution in [0.4, 0.5) is 0 Å². The summed E-state index contributed by atoms with van der Waals surface area (Å²) in [5.41, 5.74) is 1.83. The number of nitrogens with zero attached hydrogens (tertiary/aromatic N) is 1. The van der Waals surface area contributed by atoms with Gasteiger partial charge in [0, 0.05) is 28.9 Å². The number of carboxylic acids is 1. The first-order valence-corrected chi connectivity index (χ1v) is 9.13. The molecule has 0 spiro atoms. The van der Waals surface area contributed by atoms with Gasteiger partial charge in [0.05, 0.1) is 12.1 Å². The normalized spacial score (nSPS) is 23.6. The zero-order chi connectivity index (χ0) is 16.6. The molecule has 1 aromatic heterocycles. The van der Waals surface area contributed by atoms with Gasteiger partial charge in [0.25, 0.3) is 5.91 Å². The second-order valence-electron chi connectivity index (χ2n) is 6.89. The Bertz CT molecular complexity index is 603. The molecule has 2 aliphatic carbocycles. The number of carbonyl (C=O) groups excluding carboxylic acids is 1. The van der Waals surface area contributed by atoms with Crippen molar-refractivity contribution >= 4 is 23.2 Å². The molecule has 1 aromatic rings. The third kappa shape index (κ3) is 3.93. The zero-order valence-corrected chi connectivity index (χ0v) is 14.5. The van der Waals surface area contributed by atoms with Crippen LogP contribution in [0.1, 0.15) is 46.5 Å². The summed E-state index contributed by atoms with van der Waals surface area (Å²) < 4.78 is 0. The summed E-state index contributed by atoms with van der Waals surface area (Å²) in [4.78, 5) is 26.6. The number of amides is 1. The fraction of sp³-hybridized carbons (Fsp3) is 0.647. The van der Waals surface area contributed by atoms with Crippen LogP contribution in [0.15, 0.2) is 5.38 Å². The summed E-state index contributed by atoms with van der Waals surface area (Å²) in [6.07, 6.45) is 4.15. The molecule has 2 saturated carbocycles. The van der Waals surface area contributed by atoms with Crippen LogP contribution >= 0.6 is 11.3 Å². The number of thiophene rings is 1. The fourth-order valence-electron chi connectivity index (χ4n) is 3.15. The summed E-state index contributed by atoms with van der Waals surface area (Å²) in [7, 11) is 0. The Balaban J connectivity index is 1.50. The minimum Gasteiger partial charge on any atom is -0.480 e. The van der Waals surface area contributed by atoms with Gasteiger partial charge in [-0.05, 0) is 51.0 Å². The highest BCUT2D eigenvalue weighted by molar-refractivity contribution is 7.10. The SMILES string of the molecule is Cc1scc(C(=O)NC2CC(N(CC(=O)O)CC3CC3)C2)c1C. The van der Waals surface area contributed by atoms with Gasteiger partial charge < -0.3 is 10.4 Å². The van der Waals surface area contributed by atoms with Crippen molar-refractivity contribution in [2.45, 2.75) is 51.6 Å². The summed E-state index contributed by atoms with van der Waals surface area (Å²) in [6.45, 7) is 5.01. The molecule has 5 nitrogen and oxygen atoms in total. The van der Waals surface area contributed by atoms with E-state index in [1.807, 2.05) is 19.2 Å². The molecule has 0 aromatic carbocycles. The fourth-order valence-corrected chi connectivity index (χ4v) is 4.02. The quantitative estimate of drug-likeness (QED) is 0.802. The van der Waals surface area contributed by atoms with Crippen molar-refractivity contribution in [1.82, 2.24) is 10.2 Å². The second-order valence-corrected chi connectivity index (χ2v) is 7.98. The second kappa shape index (κ2) is 6.61. The van der Waals surface area contributed by atoms with Crippen LogP contribution in [-0.4, -0.2) is 47.1 Å². The monoisotopic (exact) mass is 336 g/mol. The van der Waals surface area contributed by atoms with E-state index >= 15 is 0 Å². The van der Waals surface area contributed by atoms with Crippen LogP contribution < -0.4 is 5.32 Å². The van der Waals surface area contributed by atoms with E-state index in [1.54, 1.807) is 11.3 Å². The molecular formula is C17H24N2O3S. The number of aliphatic carboxylic acids is 1. The molecule has 126 valence electrons. The number of carboxylic acid groups (broad SMARTS) is 1. The molecule has 23 heavy (non-hydrogen) atoms. The van der Waals surface area contributed by atoms with Gasteiger partial charge in [0.1, 0.15) is 0 Å². The molecule has 1 amide bonds. The topological polar surface area (TPSA) is 69.6 Å². The molecule has 2 aliphatic rings. The van der Waals surface area contributed by atoms with E-state index in [9.17, 15) is 9.59 Å². The molecule has 3 rings (SSSR count). The van der Waals surface area contributed by atoms with Crippen molar-refractivity contribution in [3.05, 3.63) is 21.4 Å². The van der Waals surface area contributed by atoms with E-state index in [0.29, 0.717) is 12.0 Å². The Morgan fingerprint density at radius 2 is 2.04 bits per heavy atom. The Kier molecular flexibility index (Phi) is 4.73. The number of aryl methyl sites for hydroxylation is 1. The van der Waals surface area contributed by atoms with Gasteiger partial charge in [-0.25, -0.2) is 0 Å². The minimum absolute atomic E-state index is 0.00211. The van der Waals surface area contributed by atoms with E-state index in [4.69, 9.17) is 5.11 Å². The lowest BCUT2D eigenvalue weighted by Crippen LogP contribution is -2.55. The number of nitrogens with one attached hydrogen (secondary N) is 1. The van der Waals surface area contributed by atoms with Gasteiger partial charge in [-0.2, -0.15) is 0 Å². The maximum Gasteiger partial charge on any atom is 0.317 e. The van der Waals surface area contributed by atoms with Crippen LogP contribution in [-0.2, 0) is 4.79 Å².